The molecule has 2 aliphatic rings. The van der Waals surface area contributed by atoms with Crippen molar-refractivity contribution in [3.63, 3.8) is 0 Å². The Morgan fingerprint density at radius 1 is 1.41 bits per heavy atom. The van der Waals surface area contributed by atoms with Gasteiger partial charge in [0.1, 0.15) is 11.8 Å². The maximum Gasteiger partial charge on any atom is 0.330 e. The zero-order valence-corrected chi connectivity index (χ0v) is 15.8. The van der Waals surface area contributed by atoms with Gasteiger partial charge >= 0.3 is 5.97 Å². The molecule has 8 nitrogen and oxygen atoms in total. The lowest BCUT2D eigenvalue weighted by atomic mass is 10.1. The fourth-order valence-electron chi connectivity index (χ4n) is 3.31. The first-order chi connectivity index (χ1) is 12.7. The number of aromatic hydroxyl groups is 1. The van der Waals surface area contributed by atoms with Crippen molar-refractivity contribution in [2.45, 2.75) is 37.6 Å². The molecule has 0 aliphatic carbocycles. The summed E-state index contributed by atoms with van der Waals surface area (Å²) in [6.45, 7) is 2.73. The molecule has 9 heteroatoms. The Morgan fingerprint density at radius 3 is 2.85 bits per heavy atom. The molecule has 2 N–H and O–H groups in total. The minimum atomic E-state index is -0.683. The molecule has 2 atom stereocenters. The van der Waals surface area contributed by atoms with Gasteiger partial charge in [-0.1, -0.05) is 0 Å². The van der Waals surface area contributed by atoms with Crippen molar-refractivity contribution >= 4 is 41.0 Å². The molecule has 0 bridgehead atoms. The van der Waals surface area contributed by atoms with Crippen LogP contribution in [0.4, 0.5) is 5.69 Å². The van der Waals surface area contributed by atoms with Gasteiger partial charge in [-0.3, -0.25) is 14.4 Å². The number of Topliss-reactive ketones (excluding diaryl/α,β-unsaturated/α-hetero) is 1. The largest absolute Gasteiger partial charge is 0.506 e. The van der Waals surface area contributed by atoms with Crippen LogP contribution < -0.4 is 5.32 Å². The lowest BCUT2D eigenvalue weighted by Gasteiger charge is -2.29. The second-order valence-corrected chi connectivity index (χ2v) is 8.21. The third-order valence-corrected chi connectivity index (χ3v) is 6.20. The summed E-state index contributed by atoms with van der Waals surface area (Å²) in [6, 6.07) is 3.29. The topological polar surface area (TPSA) is 113 Å². The Labute approximate surface area is 160 Å². The van der Waals surface area contributed by atoms with Crippen molar-refractivity contribution in [2.24, 2.45) is 0 Å². The van der Waals surface area contributed by atoms with Gasteiger partial charge in [-0.25, -0.2) is 4.79 Å². The van der Waals surface area contributed by atoms with Gasteiger partial charge in [-0.2, -0.15) is 0 Å². The fourth-order valence-corrected chi connectivity index (χ4v) is 4.73. The first-order valence-electron chi connectivity index (χ1n) is 8.48. The Kier molecular flexibility index (Phi) is 5.14. The third-order valence-electron chi connectivity index (χ3n) is 4.69. The zero-order valence-electron chi connectivity index (χ0n) is 15.0. The predicted octanol–water partition coefficient (Wildman–Crippen LogP) is 1.53. The summed E-state index contributed by atoms with van der Waals surface area (Å²) in [6.07, 6.45) is 1.10. The molecule has 1 aromatic carbocycles. The number of hydrogen-bond donors (Lipinski definition) is 2. The number of nitrogens with one attached hydrogen (secondary N) is 1. The van der Waals surface area contributed by atoms with Crippen molar-refractivity contribution in [3.8, 4) is 5.75 Å². The summed E-state index contributed by atoms with van der Waals surface area (Å²) in [7, 11) is 0. The van der Waals surface area contributed by atoms with Gasteiger partial charge in [0.15, 0.2) is 12.4 Å². The van der Waals surface area contributed by atoms with E-state index in [0.717, 1.165) is 0 Å². The van der Waals surface area contributed by atoms with E-state index in [1.54, 1.807) is 16.7 Å². The van der Waals surface area contributed by atoms with E-state index in [1.807, 2.05) is 6.92 Å². The molecular weight excluding hydrogens is 372 g/mol. The second kappa shape index (κ2) is 7.22. The minimum absolute atomic E-state index is 0.0748. The average molecular weight is 392 g/mol. The van der Waals surface area contributed by atoms with E-state index in [1.165, 1.54) is 25.1 Å². The number of anilines is 1. The quantitative estimate of drug-likeness (QED) is 0.444. The number of carbonyl (C=O) groups excluding carboxylic acids is 4. The van der Waals surface area contributed by atoms with Crippen LogP contribution in [0.5, 0.6) is 5.75 Å². The molecule has 0 radical (unpaired) electrons. The molecule has 2 fully saturated rings. The highest BCUT2D eigenvalue weighted by molar-refractivity contribution is 8.01. The van der Waals surface area contributed by atoms with E-state index in [2.05, 4.69) is 5.32 Å². The van der Waals surface area contributed by atoms with E-state index < -0.39 is 30.3 Å². The number of thioether (sulfide) groups is 1. The number of phenols is 1. The van der Waals surface area contributed by atoms with Crippen molar-refractivity contribution in [3.05, 3.63) is 23.8 Å². The summed E-state index contributed by atoms with van der Waals surface area (Å²) >= 11 is 1.55. The highest BCUT2D eigenvalue weighted by Gasteiger charge is 2.53. The predicted molar refractivity (Wildman–Crippen MR) is 98.4 cm³/mol. The van der Waals surface area contributed by atoms with E-state index in [4.69, 9.17) is 4.74 Å². The first-order valence-corrected chi connectivity index (χ1v) is 9.46. The maximum atomic E-state index is 12.4. The van der Waals surface area contributed by atoms with Crippen LogP contribution in [0.25, 0.3) is 0 Å². The molecular formula is C18H20N2O6S. The molecule has 2 aliphatic heterocycles. The Morgan fingerprint density at radius 2 is 2.15 bits per heavy atom. The number of benzene rings is 1. The van der Waals surface area contributed by atoms with Crippen LogP contribution in [-0.2, 0) is 19.1 Å². The monoisotopic (exact) mass is 392 g/mol. The van der Waals surface area contributed by atoms with E-state index in [-0.39, 0.29) is 27.8 Å². The highest BCUT2D eigenvalue weighted by Crippen LogP contribution is 2.47. The number of amides is 2. The van der Waals surface area contributed by atoms with Crippen molar-refractivity contribution < 1.29 is 29.0 Å². The van der Waals surface area contributed by atoms with Gasteiger partial charge in [0, 0.05) is 24.7 Å². The number of esters is 1. The van der Waals surface area contributed by atoms with E-state index >= 15 is 0 Å². The molecule has 2 amide bonds. The number of hydrogen-bond acceptors (Lipinski definition) is 7. The van der Waals surface area contributed by atoms with Crippen LogP contribution in [0.1, 0.15) is 37.0 Å². The van der Waals surface area contributed by atoms with Gasteiger partial charge < -0.3 is 20.1 Å². The lowest BCUT2D eigenvalue weighted by Crippen LogP contribution is -2.46. The molecule has 27 heavy (non-hydrogen) atoms. The first kappa shape index (κ1) is 19.2. The van der Waals surface area contributed by atoms with E-state index in [9.17, 15) is 24.3 Å². The van der Waals surface area contributed by atoms with Gasteiger partial charge in [-0.05, 0) is 31.5 Å². The van der Waals surface area contributed by atoms with Crippen LogP contribution >= 0.6 is 11.8 Å². The Hall–Kier alpha value is -2.55. The van der Waals surface area contributed by atoms with Crippen LogP contribution in [0.3, 0.4) is 0 Å². The summed E-state index contributed by atoms with van der Waals surface area (Å²) in [5.74, 6) is -1.27. The van der Waals surface area contributed by atoms with Crippen LogP contribution in [0.15, 0.2) is 18.2 Å². The number of nitrogens with zero attached hydrogens (tertiary/aromatic N) is 1. The Bertz CT molecular complexity index is 826. The highest BCUT2D eigenvalue weighted by atomic mass is 32.2. The molecule has 144 valence electrons. The van der Waals surface area contributed by atoms with Gasteiger partial charge in [0.05, 0.1) is 10.6 Å². The van der Waals surface area contributed by atoms with Gasteiger partial charge in [0.2, 0.25) is 11.8 Å². The van der Waals surface area contributed by atoms with Crippen molar-refractivity contribution in [2.75, 3.05) is 17.7 Å². The van der Waals surface area contributed by atoms with E-state index in [0.29, 0.717) is 18.6 Å². The molecule has 2 saturated heterocycles. The summed E-state index contributed by atoms with van der Waals surface area (Å²) < 4.78 is 5.15. The number of fused-ring (bicyclic) bond motifs is 1. The normalized spacial score (nSPS) is 23.9. The van der Waals surface area contributed by atoms with Gasteiger partial charge in [-0.15, -0.1) is 11.8 Å². The lowest BCUT2D eigenvalue weighted by molar-refractivity contribution is -0.152. The van der Waals surface area contributed by atoms with Gasteiger partial charge in [0.25, 0.3) is 0 Å². The maximum absolute atomic E-state index is 12.4. The number of phenolic OH excluding ortho intramolecular Hbond substituents is 1. The Balaban J connectivity index is 1.63. The number of rotatable bonds is 5. The summed E-state index contributed by atoms with van der Waals surface area (Å²) in [4.78, 5) is 49.1. The molecule has 1 aromatic rings. The molecule has 0 unspecified atom stereocenters. The van der Waals surface area contributed by atoms with Crippen LogP contribution in [-0.4, -0.2) is 56.8 Å². The zero-order chi connectivity index (χ0) is 19.8. The molecule has 0 spiro atoms. The standard InChI is InChI=1S/C18H20N2O6S/c1-10(21)19-12-7-11(3-4-14(12)22)15(23)8-26-17(25)13-9-27-18(2)6-5-16(24)20(13)18/h3-4,7,13,22H,5-6,8-9H2,1-2H3,(H,19,21)/t13-,18+/m1/s1. The average Bonchev–Trinajstić information content (AvgIpc) is 3.10. The smallest absolute Gasteiger partial charge is 0.330 e. The van der Waals surface area contributed by atoms with Crippen LogP contribution in [0.2, 0.25) is 0 Å². The van der Waals surface area contributed by atoms with Crippen molar-refractivity contribution in [1.82, 2.24) is 4.90 Å². The molecule has 3 rings (SSSR count). The molecule has 0 aromatic heterocycles. The molecule has 0 saturated carbocycles. The summed E-state index contributed by atoms with van der Waals surface area (Å²) in [5.41, 5.74) is 0.289. The minimum Gasteiger partial charge on any atom is -0.506 e. The SMILES string of the molecule is CC(=O)Nc1cc(C(=O)COC(=O)[C@H]2CS[C@@]3(C)CCC(=O)N23)ccc1O. The number of ether oxygens (including phenoxy) is 1. The fraction of sp³-hybridized carbons (Fsp3) is 0.444. The number of carbonyl (C=O) groups is 4. The molecule has 2 heterocycles. The third kappa shape index (κ3) is 3.78. The van der Waals surface area contributed by atoms with Crippen molar-refractivity contribution in [1.29, 1.82) is 0 Å². The second-order valence-electron chi connectivity index (χ2n) is 6.71. The summed E-state index contributed by atoms with van der Waals surface area (Å²) in [5, 5.41) is 12.1. The number of ketones is 1. The van der Waals surface area contributed by atoms with Crippen LogP contribution in [0, 0.1) is 0 Å².